The molecule has 5 nitrogen and oxygen atoms in total. The smallest absolute Gasteiger partial charge is 0.163 e. The first kappa shape index (κ1) is 18.2. The molecule has 0 atom stereocenters. The fourth-order valence-corrected chi connectivity index (χ4v) is 4.14. The summed E-state index contributed by atoms with van der Waals surface area (Å²) in [4.78, 5) is 14.7. The fourth-order valence-electron chi connectivity index (χ4n) is 4.14. The van der Waals surface area contributed by atoms with Crippen molar-refractivity contribution in [3.05, 3.63) is 36.4 Å². The van der Waals surface area contributed by atoms with E-state index in [0.717, 1.165) is 55.7 Å². The number of likely N-dealkylation sites (N-methyl/N-ethyl adjacent to an activating group) is 1. The predicted molar refractivity (Wildman–Crippen MR) is 112 cm³/mol. The van der Waals surface area contributed by atoms with Gasteiger partial charge in [0, 0.05) is 43.9 Å². The summed E-state index contributed by atoms with van der Waals surface area (Å²) < 4.78 is 0. The van der Waals surface area contributed by atoms with Gasteiger partial charge in [-0.05, 0) is 19.4 Å². The summed E-state index contributed by atoms with van der Waals surface area (Å²) in [5, 5.41) is 3.70. The van der Waals surface area contributed by atoms with Crippen LogP contribution in [-0.4, -0.2) is 53.6 Å². The van der Waals surface area contributed by atoms with Gasteiger partial charge in [-0.2, -0.15) is 0 Å². The highest BCUT2D eigenvalue weighted by molar-refractivity contribution is 5.62. The molecular weight excluding hydrogens is 334 g/mol. The van der Waals surface area contributed by atoms with Crippen LogP contribution in [0.2, 0.25) is 0 Å². The number of anilines is 2. The summed E-state index contributed by atoms with van der Waals surface area (Å²) >= 11 is 0. The molecule has 144 valence electrons. The predicted octanol–water partition coefficient (Wildman–Crippen LogP) is 4.03. The standard InChI is InChI=1S/C22H31N5/c1-2-26-13-15-27(16-14-26)21-17-20(23-19-11-7-4-8-12-19)24-22(25-21)18-9-5-3-6-10-18/h3,5-6,9-10,17,19H,2,4,7-8,11-16H2,1H3,(H,23,24,25). The van der Waals surface area contributed by atoms with Gasteiger partial charge < -0.3 is 15.1 Å². The van der Waals surface area contributed by atoms with E-state index in [1.807, 2.05) is 6.07 Å². The molecule has 2 heterocycles. The molecule has 27 heavy (non-hydrogen) atoms. The number of nitrogens with one attached hydrogen (secondary N) is 1. The molecule has 0 radical (unpaired) electrons. The molecule has 0 bridgehead atoms. The fraction of sp³-hybridized carbons (Fsp3) is 0.545. The Morgan fingerprint density at radius 3 is 2.41 bits per heavy atom. The molecule has 2 fully saturated rings. The average Bonchev–Trinajstić information content (AvgIpc) is 2.75. The maximum Gasteiger partial charge on any atom is 0.163 e. The molecule has 0 amide bonds. The minimum Gasteiger partial charge on any atom is -0.367 e. The first-order valence-corrected chi connectivity index (χ1v) is 10.5. The molecule has 1 aromatic heterocycles. The lowest BCUT2D eigenvalue weighted by molar-refractivity contribution is 0.270. The van der Waals surface area contributed by atoms with Crippen LogP contribution in [0.25, 0.3) is 11.4 Å². The van der Waals surface area contributed by atoms with E-state index in [1.54, 1.807) is 0 Å². The van der Waals surface area contributed by atoms with Crippen molar-refractivity contribution in [3.63, 3.8) is 0 Å². The Hall–Kier alpha value is -2.14. The van der Waals surface area contributed by atoms with Gasteiger partial charge in [0.1, 0.15) is 11.6 Å². The molecular formula is C22H31N5. The number of piperazine rings is 1. The Labute approximate surface area is 162 Å². The Morgan fingerprint density at radius 1 is 0.963 bits per heavy atom. The van der Waals surface area contributed by atoms with Crippen LogP contribution in [0.1, 0.15) is 39.0 Å². The number of hydrogen-bond donors (Lipinski definition) is 1. The van der Waals surface area contributed by atoms with Crippen molar-refractivity contribution < 1.29 is 0 Å². The molecule has 1 aliphatic heterocycles. The third-order valence-electron chi connectivity index (χ3n) is 5.85. The maximum absolute atomic E-state index is 4.93. The zero-order valence-corrected chi connectivity index (χ0v) is 16.4. The zero-order valence-electron chi connectivity index (χ0n) is 16.4. The number of nitrogens with zero attached hydrogens (tertiary/aromatic N) is 4. The molecule has 2 aliphatic rings. The monoisotopic (exact) mass is 365 g/mol. The molecule has 1 saturated carbocycles. The van der Waals surface area contributed by atoms with E-state index in [1.165, 1.54) is 32.1 Å². The van der Waals surface area contributed by atoms with E-state index >= 15 is 0 Å². The van der Waals surface area contributed by atoms with Crippen molar-refractivity contribution in [3.8, 4) is 11.4 Å². The molecule has 5 heteroatoms. The molecule has 1 aromatic carbocycles. The number of benzene rings is 1. The van der Waals surface area contributed by atoms with E-state index in [0.29, 0.717) is 6.04 Å². The Morgan fingerprint density at radius 2 is 1.70 bits per heavy atom. The molecule has 2 aromatic rings. The van der Waals surface area contributed by atoms with Crippen molar-refractivity contribution in [2.75, 3.05) is 42.9 Å². The Bertz CT molecular complexity index is 719. The maximum atomic E-state index is 4.93. The lowest BCUT2D eigenvalue weighted by atomic mass is 9.95. The third-order valence-corrected chi connectivity index (χ3v) is 5.85. The Kier molecular flexibility index (Phi) is 5.87. The summed E-state index contributed by atoms with van der Waals surface area (Å²) in [5.41, 5.74) is 1.08. The summed E-state index contributed by atoms with van der Waals surface area (Å²) in [6.07, 6.45) is 6.49. The largest absolute Gasteiger partial charge is 0.367 e. The van der Waals surface area contributed by atoms with E-state index in [-0.39, 0.29) is 0 Å². The quantitative estimate of drug-likeness (QED) is 0.867. The first-order chi connectivity index (χ1) is 13.3. The van der Waals surface area contributed by atoms with Gasteiger partial charge in [-0.15, -0.1) is 0 Å². The van der Waals surface area contributed by atoms with Gasteiger partial charge in [-0.3, -0.25) is 0 Å². The second-order valence-corrected chi connectivity index (χ2v) is 7.70. The zero-order chi connectivity index (χ0) is 18.5. The molecule has 1 N–H and O–H groups in total. The second kappa shape index (κ2) is 8.70. The third kappa shape index (κ3) is 4.59. The van der Waals surface area contributed by atoms with Crippen LogP contribution in [0.3, 0.4) is 0 Å². The van der Waals surface area contributed by atoms with Crippen molar-refractivity contribution >= 4 is 11.6 Å². The molecule has 0 spiro atoms. The van der Waals surface area contributed by atoms with Crippen molar-refractivity contribution in [1.82, 2.24) is 14.9 Å². The van der Waals surface area contributed by atoms with Crippen LogP contribution in [-0.2, 0) is 0 Å². The topological polar surface area (TPSA) is 44.3 Å². The van der Waals surface area contributed by atoms with Crippen LogP contribution in [0.5, 0.6) is 0 Å². The first-order valence-electron chi connectivity index (χ1n) is 10.5. The summed E-state index contributed by atoms with van der Waals surface area (Å²) in [7, 11) is 0. The average molecular weight is 366 g/mol. The normalized spacial score (nSPS) is 19.2. The van der Waals surface area contributed by atoms with Crippen LogP contribution in [0.15, 0.2) is 36.4 Å². The Balaban J connectivity index is 1.60. The lowest BCUT2D eigenvalue weighted by Gasteiger charge is -2.35. The van der Waals surface area contributed by atoms with Crippen molar-refractivity contribution in [2.24, 2.45) is 0 Å². The number of aromatic nitrogens is 2. The molecule has 0 unspecified atom stereocenters. The molecule has 4 rings (SSSR count). The SMILES string of the molecule is CCN1CCN(c2cc(NC3CCCCC3)nc(-c3ccccc3)n2)CC1. The van der Waals surface area contributed by atoms with Gasteiger partial charge >= 0.3 is 0 Å². The van der Waals surface area contributed by atoms with Crippen LogP contribution in [0.4, 0.5) is 11.6 Å². The highest BCUT2D eigenvalue weighted by atomic mass is 15.3. The highest BCUT2D eigenvalue weighted by Crippen LogP contribution is 2.26. The van der Waals surface area contributed by atoms with Gasteiger partial charge in [0.2, 0.25) is 0 Å². The van der Waals surface area contributed by atoms with Crippen molar-refractivity contribution in [2.45, 2.75) is 45.1 Å². The van der Waals surface area contributed by atoms with Gasteiger partial charge in [0.05, 0.1) is 0 Å². The van der Waals surface area contributed by atoms with Gasteiger partial charge in [-0.25, -0.2) is 9.97 Å². The van der Waals surface area contributed by atoms with E-state index in [2.05, 4.69) is 52.4 Å². The summed E-state index contributed by atoms with van der Waals surface area (Å²) in [6.45, 7) is 7.63. The van der Waals surface area contributed by atoms with Crippen molar-refractivity contribution in [1.29, 1.82) is 0 Å². The van der Waals surface area contributed by atoms with Crippen LogP contribution < -0.4 is 10.2 Å². The number of hydrogen-bond acceptors (Lipinski definition) is 5. The summed E-state index contributed by atoms with van der Waals surface area (Å²) in [6, 6.07) is 13.0. The van der Waals surface area contributed by atoms with Crippen LogP contribution >= 0.6 is 0 Å². The minimum absolute atomic E-state index is 0.544. The second-order valence-electron chi connectivity index (χ2n) is 7.70. The highest BCUT2D eigenvalue weighted by Gasteiger charge is 2.20. The van der Waals surface area contributed by atoms with Gasteiger partial charge in [0.25, 0.3) is 0 Å². The van der Waals surface area contributed by atoms with E-state index in [4.69, 9.17) is 9.97 Å². The van der Waals surface area contributed by atoms with E-state index in [9.17, 15) is 0 Å². The lowest BCUT2D eigenvalue weighted by Crippen LogP contribution is -2.46. The molecule has 1 saturated heterocycles. The van der Waals surface area contributed by atoms with E-state index < -0.39 is 0 Å². The number of rotatable bonds is 5. The molecule has 1 aliphatic carbocycles. The van der Waals surface area contributed by atoms with Gasteiger partial charge in [0.15, 0.2) is 5.82 Å². The minimum atomic E-state index is 0.544. The van der Waals surface area contributed by atoms with Gasteiger partial charge in [-0.1, -0.05) is 56.5 Å². The van der Waals surface area contributed by atoms with Crippen LogP contribution in [0, 0.1) is 0 Å². The summed E-state index contributed by atoms with van der Waals surface area (Å²) in [5.74, 6) is 2.85.